The highest BCUT2D eigenvalue weighted by Crippen LogP contribution is 2.55. The first-order valence-electron chi connectivity index (χ1n) is 20.2. The van der Waals surface area contributed by atoms with Gasteiger partial charge in [0.2, 0.25) is 0 Å². The van der Waals surface area contributed by atoms with Gasteiger partial charge < -0.3 is 35.4 Å². The Morgan fingerprint density at radius 3 is 0.667 bits per heavy atom. The van der Waals surface area contributed by atoms with E-state index in [-0.39, 0.29) is 24.4 Å². The molecule has 0 bridgehead atoms. The topological polar surface area (TPSA) is 73.8 Å². The Morgan fingerprint density at radius 1 is 0.354 bits per heavy atom. The molecule has 8 nitrogen and oxygen atoms in total. The molecule has 0 amide bonds. The summed E-state index contributed by atoms with van der Waals surface area (Å²) in [5.74, 6) is 0. The van der Waals surface area contributed by atoms with Gasteiger partial charge in [-0.15, -0.1) is 0 Å². The smallest absolute Gasteiger partial charge is 0.350 e. The molecule has 4 aliphatic carbocycles. The average Bonchev–Trinajstić information content (AvgIpc) is 3.87. The van der Waals surface area contributed by atoms with Crippen LogP contribution in [0.25, 0.3) is 0 Å². The first-order valence-corrected chi connectivity index (χ1v) is 28.6. The van der Waals surface area contributed by atoms with Gasteiger partial charge in [0, 0.05) is 22.2 Å². The van der Waals surface area contributed by atoms with E-state index in [2.05, 4.69) is 55.4 Å². The van der Waals surface area contributed by atoms with E-state index in [4.69, 9.17) is 35.4 Å². The van der Waals surface area contributed by atoms with E-state index in [1.165, 1.54) is 51.4 Å². The lowest BCUT2D eigenvalue weighted by molar-refractivity contribution is 0.0407. The Balaban J connectivity index is 1.75. The Bertz CT molecular complexity index is 800. The van der Waals surface area contributed by atoms with Gasteiger partial charge in [0.15, 0.2) is 0 Å². The lowest BCUT2D eigenvalue weighted by Gasteiger charge is -2.57. The van der Waals surface area contributed by atoms with Crippen LogP contribution in [0.4, 0.5) is 0 Å². The molecule has 0 atom stereocenters. The van der Waals surface area contributed by atoms with Crippen molar-refractivity contribution in [3.63, 3.8) is 0 Å². The van der Waals surface area contributed by atoms with Crippen molar-refractivity contribution in [1.29, 1.82) is 0 Å². The molecule has 280 valence electrons. The average molecular weight is 745 g/mol. The van der Waals surface area contributed by atoms with Crippen molar-refractivity contribution < 1.29 is 35.4 Å². The SMILES string of the molecule is CC(C)OC[Si]1(C2CCCC2)O[Si](COC(C)C)(C2CCCC2)O[Si](COC(C)C)(C2CCCC2)O[Si](COC(C)C)(C2CCCC2)O1. The Labute approximate surface area is 298 Å². The summed E-state index contributed by atoms with van der Waals surface area (Å²) in [4.78, 5) is 0. The minimum absolute atomic E-state index is 0.0885. The van der Waals surface area contributed by atoms with Gasteiger partial charge in [0.1, 0.15) is 0 Å². The van der Waals surface area contributed by atoms with Gasteiger partial charge in [0.25, 0.3) is 0 Å². The molecule has 48 heavy (non-hydrogen) atoms. The molecule has 1 aliphatic heterocycles. The second-order valence-corrected chi connectivity index (χ2v) is 31.2. The summed E-state index contributed by atoms with van der Waals surface area (Å²) in [6.45, 7) is 17.2. The molecule has 5 aliphatic rings. The summed E-state index contributed by atoms with van der Waals surface area (Å²) in [6, 6.07) is 0. The van der Waals surface area contributed by atoms with E-state index in [1.807, 2.05) is 0 Å². The summed E-state index contributed by atoms with van der Waals surface area (Å²) in [7, 11) is -12.5. The number of rotatable bonds is 16. The van der Waals surface area contributed by atoms with E-state index >= 15 is 0 Å². The van der Waals surface area contributed by atoms with Crippen LogP contribution in [0.5, 0.6) is 0 Å². The van der Waals surface area contributed by atoms with Crippen LogP contribution in [0.2, 0.25) is 22.2 Å². The van der Waals surface area contributed by atoms with Crippen molar-refractivity contribution in [2.24, 2.45) is 0 Å². The zero-order valence-corrected chi connectivity index (χ0v) is 36.0. The molecule has 1 saturated heterocycles. The third-order valence-electron chi connectivity index (χ3n) is 11.8. The maximum absolute atomic E-state index is 8.24. The van der Waals surface area contributed by atoms with E-state index in [9.17, 15) is 0 Å². The van der Waals surface area contributed by atoms with Gasteiger partial charge in [-0.1, -0.05) is 51.4 Å². The fraction of sp³-hybridized carbons (Fsp3) is 1.00. The van der Waals surface area contributed by atoms with Crippen molar-refractivity contribution in [1.82, 2.24) is 0 Å². The minimum atomic E-state index is -3.12. The van der Waals surface area contributed by atoms with E-state index < -0.39 is 34.2 Å². The number of ether oxygens (including phenoxy) is 4. The molecule has 0 spiro atoms. The molecule has 5 rings (SSSR count). The van der Waals surface area contributed by atoms with Crippen LogP contribution in [-0.4, -0.2) is 83.6 Å². The van der Waals surface area contributed by atoms with Crippen LogP contribution in [0, 0.1) is 0 Å². The predicted octanol–water partition coefficient (Wildman–Crippen LogP) is 9.47. The second-order valence-electron chi connectivity index (χ2n) is 17.0. The molecular weight excluding hydrogens is 673 g/mol. The minimum Gasteiger partial charge on any atom is -0.412 e. The molecule has 0 unspecified atom stereocenters. The summed E-state index contributed by atoms with van der Waals surface area (Å²) < 4.78 is 59.9. The van der Waals surface area contributed by atoms with Crippen molar-refractivity contribution in [3.05, 3.63) is 0 Å². The van der Waals surface area contributed by atoms with Crippen LogP contribution < -0.4 is 0 Å². The van der Waals surface area contributed by atoms with Crippen LogP contribution in [0.1, 0.15) is 158 Å². The van der Waals surface area contributed by atoms with Crippen LogP contribution in [0.3, 0.4) is 0 Å². The van der Waals surface area contributed by atoms with Crippen LogP contribution >= 0.6 is 0 Å². The van der Waals surface area contributed by atoms with Gasteiger partial charge in [0.05, 0.1) is 49.3 Å². The summed E-state index contributed by atoms with van der Waals surface area (Å²) >= 11 is 0. The van der Waals surface area contributed by atoms with Crippen molar-refractivity contribution >= 4 is 34.2 Å². The standard InChI is InChI=1S/C36H72O8Si4/c1-29(2)37-25-45(33-17-9-10-18-33)41-46(26-38-30(3)4,34-19-11-12-20-34)43-48(28-40-32(7)8,36-23-15-16-24-36)44-47(42-45,27-39-31(5)6)35-21-13-14-22-35/h29-36H,9-28H2,1-8H3. The first-order chi connectivity index (χ1) is 22.9. The molecule has 0 aromatic carbocycles. The van der Waals surface area contributed by atoms with Gasteiger partial charge in [-0.3, -0.25) is 0 Å². The highest BCUT2D eigenvalue weighted by Gasteiger charge is 2.70. The molecule has 1 heterocycles. The van der Waals surface area contributed by atoms with E-state index in [0.29, 0.717) is 47.1 Å². The van der Waals surface area contributed by atoms with Gasteiger partial charge >= 0.3 is 34.2 Å². The number of hydrogen-bond acceptors (Lipinski definition) is 8. The Kier molecular flexibility index (Phi) is 14.6. The molecule has 5 fully saturated rings. The lowest BCUT2D eigenvalue weighted by atomic mass is 10.4. The first kappa shape index (κ1) is 39.7. The molecule has 0 radical (unpaired) electrons. The molecule has 4 saturated carbocycles. The zero-order chi connectivity index (χ0) is 34.4. The molecule has 0 N–H and O–H groups in total. The van der Waals surface area contributed by atoms with Gasteiger partial charge in [-0.2, -0.15) is 0 Å². The summed E-state index contributed by atoms with van der Waals surface area (Å²) in [5, 5.41) is 0. The third-order valence-corrected chi connectivity index (χ3v) is 32.4. The van der Waals surface area contributed by atoms with E-state index in [1.54, 1.807) is 0 Å². The molecule has 0 aromatic rings. The molecule has 12 heteroatoms. The lowest BCUT2D eigenvalue weighted by Crippen LogP contribution is -2.78. The maximum atomic E-state index is 8.24. The predicted molar refractivity (Wildman–Crippen MR) is 201 cm³/mol. The zero-order valence-electron chi connectivity index (χ0n) is 32.0. The Morgan fingerprint density at radius 2 is 0.521 bits per heavy atom. The quantitative estimate of drug-likeness (QED) is 0.145. The van der Waals surface area contributed by atoms with E-state index in [0.717, 1.165) is 51.4 Å². The summed E-state index contributed by atoms with van der Waals surface area (Å²) in [6.07, 6.45) is 21.4. The molecule has 0 aromatic heterocycles. The largest absolute Gasteiger partial charge is 0.412 e. The van der Waals surface area contributed by atoms with Crippen molar-refractivity contribution in [2.75, 3.05) is 24.9 Å². The molecular formula is C36H72O8Si4. The summed E-state index contributed by atoms with van der Waals surface area (Å²) in [5.41, 5.74) is 1.43. The fourth-order valence-corrected chi connectivity index (χ4v) is 36.3. The van der Waals surface area contributed by atoms with Gasteiger partial charge in [-0.25, -0.2) is 0 Å². The fourth-order valence-electron chi connectivity index (χ4n) is 9.22. The van der Waals surface area contributed by atoms with Gasteiger partial charge in [-0.05, 0) is 107 Å². The number of hydrogen-bond donors (Lipinski definition) is 0. The highest BCUT2D eigenvalue weighted by molar-refractivity contribution is 6.96. The maximum Gasteiger partial charge on any atom is 0.350 e. The third kappa shape index (κ3) is 9.55. The normalized spacial score (nSPS) is 35.2. The second kappa shape index (κ2) is 17.6. The highest BCUT2D eigenvalue weighted by atomic mass is 28.5. The van der Waals surface area contributed by atoms with Crippen molar-refractivity contribution in [3.8, 4) is 0 Å². The Hall–Kier alpha value is 0.548. The van der Waals surface area contributed by atoms with Crippen molar-refractivity contribution in [2.45, 2.75) is 205 Å². The van der Waals surface area contributed by atoms with Crippen LogP contribution in [-0.2, 0) is 35.4 Å². The van der Waals surface area contributed by atoms with Crippen LogP contribution in [0.15, 0.2) is 0 Å². The monoisotopic (exact) mass is 744 g/mol.